The second-order valence-corrected chi connectivity index (χ2v) is 8.22. The van der Waals surface area contributed by atoms with Crippen molar-refractivity contribution in [2.24, 2.45) is 0 Å². The Hall–Kier alpha value is -3.43. The van der Waals surface area contributed by atoms with Gasteiger partial charge in [0.2, 0.25) is 15.9 Å². The number of amides is 2. The molecule has 1 aromatic heterocycles. The molecule has 2 amide bonds. The maximum absolute atomic E-state index is 12.3. The third-order valence-corrected chi connectivity index (χ3v) is 5.73. The van der Waals surface area contributed by atoms with Gasteiger partial charge in [-0.2, -0.15) is 4.72 Å². The molecule has 2 aromatic carbocycles. The first-order valence-electron chi connectivity index (χ1n) is 9.14. The summed E-state index contributed by atoms with van der Waals surface area (Å²) in [6, 6.07) is 17.0. The van der Waals surface area contributed by atoms with Crippen molar-refractivity contribution < 1.29 is 22.4 Å². The Labute approximate surface area is 174 Å². The quantitative estimate of drug-likeness (QED) is 0.511. The minimum absolute atomic E-state index is 0.0876. The molecule has 0 aliphatic carbocycles. The lowest BCUT2D eigenvalue weighted by molar-refractivity contribution is -0.122. The number of hydrogen-bond donors (Lipinski definition) is 3. The van der Waals surface area contributed by atoms with Crippen LogP contribution in [-0.4, -0.2) is 26.3 Å². The number of furan rings is 1. The first-order valence-corrected chi connectivity index (χ1v) is 10.6. The fourth-order valence-electron chi connectivity index (χ4n) is 2.66. The lowest BCUT2D eigenvalue weighted by Gasteiger charge is -2.15. The minimum atomic E-state index is -3.80. The van der Waals surface area contributed by atoms with Crippen molar-refractivity contribution in [2.75, 3.05) is 5.32 Å². The summed E-state index contributed by atoms with van der Waals surface area (Å²) in [7, 11) is -3.80. The van der Waals surface area contributed by atoms with E-state index in [0.717, 1.165) is 5.56 Å². The first-order chi connectivity index (χ1) is 14.3. The minimum Gasteiger partial charge on any atom is -0.459 e. The molecule has 8 nitrogen and oxygen atoms in total. The van der Waals surface area contributed by atoms with Gasteiger partial charge in [-0.25, -0.2) is 8.42 Å². The standard InChI is InChI=1S/C21H21N3O5S/c1-15(24-30(27,28)18-9-3-2-4-10-18)20(25)22-14-16-7-5-8-17(13-16)23-21(26)19-11-6-12-29-19/h2-13,15,24H,14H2,1H3,(H,22,25)(H,23,26)/t15-/m0/s1. The van der Waals surface area contributed by atoms with Gasteiger partial charge in [0, 0.05) is 12.2 Å². The molecular formula is C21H21N3O5S. The van der Waals surface area contributed by atoms with Crippen LogP contribution in [0, 0.1) is 0 Å². The van der Waals surface area contributed by atoms with Crippen LogP contribution in [0.25, 0.3) is 0 Å². The van der Waals surface area contributed by atoms with Crippen LogP contribution in [0.3, 0.4) is 0 Å². The van der Waals surface area contributed by atoms with Crippen LogP contribution < -0.4 is 15.4 Å². The molecule has 156 valence electrons. The second kappa shape index (κ2) is 9.38. The smallest absolute Gasteiger partial charge is 0.291 e. The van der Waals surface area contributed by atoms with Gasteiger partial charge in [0.25, 0.3) is 5.91 Å². The van der Waals surface area contributed by atoms with Gasteiger partial charge >= 0.3 is 0 Å². The van der Waals surface area contributed by atoms with Crippen molar-refractivity contribution in [1.82, 2.24) is 10.0 Å². The number of carbonyl (C=O) groups excluding carboxylic acids is 2. The molecular weight excluding hydrogens is 406 g/mol. The summed E-state index contributed by atoms with van der Waals surface area (Å²) in [4.78, 5) is 24.5. The van der Waals surface area contributed by atoms with Gasteiger partial charge in [-0.05, 0) is 48.9 Å². The zero-order chi connectivity index (χ0) is 21.6. The van der Waals surface area contributed by atoms with Crippen LogP contribution in [-0.2, 0) is 21.4 Å². The SMILES string of the molecule is C[C@H](NS(=O)(=O)c1ccccc1)C(=O)NCc1cccc(NC(=O)c2ccco2)c1. The molecule has 0 bridgehead atoms. The maximum Gasteiger partial charge on any atom is 0.291 e. The second-order valence-electron chi connectivity index (χ2n) is 6.51. The van der Waals surface area contributed by atoms with E-state index in [-0.39, 0.29) is 23.1 Å². The number of anilines is 1. The van der Waals surface area contributed by atoms with E-state index in [1.165, 1.54) is 25.3 Å². The summed E-state index contributed by atoms with van der Waals surface area (Å²) in [6.07, 6.45) is 1.41. The number of sulfonamides is 1. The summed E-state index contributed by atoms with van der Waals surface area (Å²) in [6.45, 7) is 1.64. The zero-order valence-electron chi connectivity index (χ0n) is 16.2. The van der Waals surface area contributed by atoms with E-state index in [4.69, 9.17) is 4.42 Å². The van der Waals surface area contributed by atoms with Crippen molar-refractivity contribution in [3.05, 3.63) is 84.3 Å². The molecule has 1 atom stereocenters. The largest absolute Gasteiger partial charge is 0.459 e. The molecule has 0 aliphatic rings. The van der Waals surface area contributed by atoms with E-state index in [0.29, 0.717) is 5.69 Å². The topological polar surface area (TPSA) is 118 Å². The fourth-order valence-corrected chi connectivity index (χ4v) is 3.88. The van der Waals surface area contributed by atoms with Gasteiger partial charge in [-0.1, -0.05) is 30.3 Å². The van der Waals surface area contributed by atoms with E-state index < -0.39 is 22.0 Å². The zero-order valence-corrected chi connectivity index (χ0v) is 17.0. The van der Waals surface area contributed by atoms with Crippen molar-refractivity contribution in [1.29, 1.82) is 0 Å². The van der Waals surface area contributed by atoms with E-state index >= 15 is 0 Å². The summed E-state index contributed by atoms with van der Waals surface area (Å²) < 4.78 is 32.1. The molecule has 0 saturated carbocycles. The highest BCUT2D eigenvalue weighted by atomic mass is 32.2. The third kappa shape index (κ3) is 5.56. The normalized spacial score (nSPS) is 12.2. The Morgan fingerprint density at radius 3 is 2.47 bits per heavy atom. The van der Waals surface area contributed by atoms with E-state index in [9.17, 15) is 18.0 Å². The molecule has 0 saturated heterocycles. The summed E-state index contributed by atoms with van der Waals surface area (Å²) in [5, 5.41) is 5.39. The Morgan fingerprint density at radius 1 is 1.00 bits per heavy atom. The lowest BCUT2D eigenvalue weighted by atomic mass is 10.2. The van der Waals surface area contributed by atoms with Crippen molar-refractivity contribution in [2.45, 2.75) is 24.4 Å². The van der Waals surface area contributed by atoms with Crippen molar-refractivity contribution >= 4 is 27.5 Å². The van der Waals surface area contributed by atoms with Gasteiger partial charge in [-0.15, -0.1) is 0 Å². The molecule has 30 heavy (non-hydrogen) atoms. The van der Waals surface area contributed by atoms with Crippen LogP contribution in [0.15, 0.2) is 82.3 Å². The predicted octanol–water partition coefficient (Wildman–Crippen LogP) is 2.52. The summed E-state index contributed by atoms with van der Waals surface area (Å²) in [5.74, 6) is -0.669. The molecule has 3 N–H and O–H groups in total. The van der Waals surface area contributed by atoms with Crippen molar-refractivity contribution in [3.8, 4) is 0 Å². The number of carbonyl (C=O) groups is 2. The van der Waals surface area contributed by atoms with Gasteiger partial charge < -0.3 is 15.1 Å². The van der Waals surface area contributed by atoms with Crippen LogP contribution in [0.5, 0.6) is 0 Å². The van der Waals surface area contributed by atoms with Gasteiger partial charge in [-0.3, -0.25) is 9.59 Å². The van der Waals surface area contributed by atoms with Crippen LogP contribution in [0.4, 0.5) is 5.69 Å². The molecule has 1 heterocycles. The van der Waals surface area contributed by atoms with Crippen LogP contribution in [0.2, 0.25) is 0 Å². The van der Waals surface area contributed by atoms with Crippen LogP contribution >= 0.6 is 0 Å². The Kier molecular flexibility index (Phi) is 6.65. The summed E-state index contributed by atoms with van der Waals surface area (Å²) in [5.41, 5.74) is 1.28. The predicted molar refractivity (Wildman–Crippen MR) is 111 cm³/mol. The number of nitrogens with one attached hydrogen (secondary N) is 3. The molecule has 0 fully saturated rings. The highest BCUT2D eigenvalue weighted by Gasteiger charge is 2.21. The summed E-state index contributed by atoms with van der Waals surface area (Å²) >= 11 is 0. The molecule has 9 heteroatoms. The van der Waals surface area contributed by atoms with Gasteiger partial charge in [0.15, 0.2) is 5.76 Å². The fraction of sp³-hybridized carbons (Fsp3) is 0.143. The highest BCUT2D eigenvalue weighted by molar-refractivity contribution is 7.89. The Bertz CT molecular complexity index is 1110. The van der Waals surface area contributed by atoms with Crippen LogP contribution in [0.1, 0.15) is 23.0 Å². The average molecular weight is 427 g/mol. The number of benzene rings is 2. The van der Waals surface area contributed by atoms with Crippen molar-refractivity contribution in [3.63, 3.8) is 0 Å². The lowest BCUT2D eigenvalue weighted by Crippen LogP contribution is -2.44. The van der Waals surface area contributed by atoms with E-state index in [1.54, 1.807) is 54.6 Å². The Morgan fingerprint density at radius 2 is 1.77 bits per heavy atom. The maximum atomic E-state index is 12.3. The van der Waals surface area contributed by atoms with E-state index in [1.807, 2.05) is 0 Å². The average Bonchev–Trinajstić information content (AvgIpc) is 3.28. The monoisotopic (exact) mass is 427 g/mol. The number of hydrogen-bond acceptors (Lipinski definition) is 5. The molecule has 0 aliphatic heterocycles. The molecule has 3 aromatic rings. The first kappa shape index (κ1) is 21.3. The van der Waals surface area contributed by atoms with Gasteiger partial charge in [0.1, 0.15) is 0 Å². The number of rotatable bonds is 8. The molecule has 0 spiro atoms. The third-order valence-electron chi connectivity index (χ3n) is 4.18. The molecule has 3 rings (SSSR count). The van der Waals surface area contributed by atoms with E-state index in [2.05, 4.69) is 15.4 Å². The van der Waals surface area contributed by atoms with Gasteiger partial charge in [0.05, 0.1) is 17.2 Å². The molecule has 0 unspecified atom stereocenters. The molecule has 0 radical (unpaired) electrons. The highest BCUT2D eigenvalue weighted by Crippen LogP contribution is 2.13. The Balaban J connectivity index is 1.56.